The van der Waals surface area contributed by atoms with Crippen LogP contribution in [0.25, 0.3) is 0 Å². The summed E-state index contributed by atoms with van der Waals surface area (Å²) in [6.45, 7) is 0.447. The zero-order valence-corrected chi connectivity index (χ0v) is 12.7. The molecule has 1 fully saturated rings. The lowest BCUT2D eigenvalue weighted by atomic mass is 10.1. The molecule has 1 N–H and O–H groups in total. The molecule has 1 aliphatic rings. The lowest BCUT2D eigenvalue weighted by Crippen LogP contribution is -2.36. The second-order valence-electron chi connectivity index (χ2n) is 4.43. The zero-order chi connectivity index (χ0) is 14.0. The predicted octanol–water partition coefficient (Wildman–Crippen LogP) is 2.21. The van der Waals surface area contributed by atoms with Crippen LogP contribution >= 0.6 is 27.3 Å². The van der Waals surface area contributed by atoms with E-state index >= 15 is 0 Å². The van der Waals surface area contributed by atoms with Crippen LogP contribution in [-0.2, 0) is 9.53 Å². The number of thiophene rings is 1. The van der Waals surface area contributed by atoms with Gasteiger partial charge >= 0.3 is 5.97 Å². The number of carboxylic acids is 1. The van der Waals surface area contributed by atoms with Crippen molar-refractivity contribution in [3.8, 4) is 0 Å². The highest BCUT2D eigenvalue weighted by atomic mass is 79.9. The summed E-state index contributed by atoms with van der Waals surface area (Å²) in [7, 11) is 1.58. The number of carbonyl (C=O) groups is 2. The maximum absolute atomic E-state index is 12.4. The smallest absolute Gasteiger partial charge is 0.305 e. The number of nitrogens with zero attached hydrogens (tertiary/aromatic N) is 1. The van der Waals surface area contributed by atoms with Crippen molar-refractivity contribution in [2.45, 2.75) is 25.0 Å². The Morgan fingerprint density at radius 3 is 2.89 bits per heavy atom. The molecule has 0 saturated carbocycles. The number of amides is 1. The maximum Gasteiger partial charge on any atom is 0.305 e. The minimum Gasteiger partial charge on any atom is -0.481 e. The molecule has 5 nitrogen and oxygen atoms in total. The fraction of sp³-hybridized carbons (Fsp3) is 0.500. The number of rotatable bonds is 4. The molecule has 1 amide bonds. The van der Waals surface area contributed by atoms with Crippen molar-refractivity contribution in [3.05, 3.63) is 20.8 Å². The molecule has 1 aliphatic heterocycles. The van der Waals surface area contributed by atoms with Gasteiger partial charge in [0.25, 0.3) is 5.91 Å². The van der Waals surface area contributed by atoms with Gasteiger partial charge in [-0.3, -0.25) is 9.59 Å². The number of likely N-dealkylation sites (tertiary alicyclic amines) is 1. The van der Waals surface area contributed by atoms with Gasteiger partial charge in [0.2, 0.25) is 0 Å². The lowest BCUT2D eigenvalue weighted by Gasteiger charge is -2.22. The molecule has 1 saturated heterocycles. The summed E-state index contributed by atoms with van der Waals surface area (Å²) >= 11 is 4.66. The highest BCUT2D eigenvalue weighted by Crippen LogP contribution is 2.28. The molecule has 2 heterocycles. The van der Waals surface area contributed by atoms with Crippen LogP contribution in [0.4, 0.5) is 0 Å². The van der Waals surface area contributed by atoms with E-state index in [1.54, 1.807) is 18.1 Å². The van der Waals surface area contributed by atoms with Crippen LogP contribution in [0.5, 0.6) is 0 Å². The molecule has 1 aromatic rings. The van der Waals surface area contributed by atoms with Crippen LogP contribution < -0.4 is 0 Å². The fourth-order valence-corrected chi connectivity index (χ4v) is 3.64. The Balaban J connectivity index is 2.15. The first-order valence-corrected chi connectivity index (χ1v) is 7.48. The van der Waals surface area contributed by atoms with Gasteiger partial charge in [0.05, 0.1) is 17.4 Å². The van der Waals surface area contributed by atoms with Crippen molar-refractivity contribution in [2.24, 2.45) is 0 Å². The Hall–Kier alpha value is -0.920. The summed E-state index contributed by atoms with van der Waals surface area (Å²) in [5.41, 5.74) is 0. The quantitative estimate of drug-likeness (QED) is 0.906. The summed E-state index contributed by atoms with van der Waals surface area (Å²) in [6, 6.07) is 1.46. The van der Waals surface area contributed by atoms with E-state index in [9.17, 15) is 9.59 Å². The molecule has 0 aromatic carbocycles. The van der Waals surface area contributed by atoms with Crippen molar-refractivity contribution >= 4 is 39.1 Å². The first-order chi connectivity index (χ1) is 9.01. The Kier molecular flexibility index (Phi) is 4.59. The Labute approximate surface area is 123 Å². The van der Waals surface area contributed by atoms with E-state index in [-0.39, 0.29) is 24.5 Å². The van der Waals surface area contributed by atoms with Gasteiger partial charge in [-0.15, -0.1) is 11.3 Å². The number of halogens is 1. The fourth-order valence-electron chi connectivity index (χ4n) is 2.26. The monoisotopic (exact) mass is 347 g/mol. The second-order valence-corrected chi connectivity index (χ2v) is 6.26. The number of hydrogen-bond donors (Lipinski definition) is 1. The molecule has 2 unspecified atom stereocenters. The van der Waals surface area contributed by atoms with Gasteiger partial charge in [0.1, 0.15) is 0 Å². The molecule has 7 heteroatoms. The van der Waals surface area contributed by atoms with Crippen LogP contribution in [0.3, 0.4) is 0 Å². The van der Waals surface area contributed by atoms with E-state index < -0.39 is 5.97 Å². The minimum atomic E-state index is -0.896. The topological polar surface area (TPSA) is 66.8 Å². The van der Waals surface area contributed by atoms with Crippen LogP contribution in [0.15, 0.2) is 15.9 Å². The third-order valence-electron chi connectivity index (χ3n) is 3.16. The summed E-state index contributed by atoms with van der Waals surface area (Å²) in [6.07, 6.45) is 0.441. The molecular weight excluding hydrogens is 334 g/mol. The Bertz CT molecular complexity index is 490. The molecule has 2 rings (SSSR count). The second kappa shape index (κ2) is 6.02. The van der Waals surface area contributed by atoms with Crippen LogP contribution in [0.1, 0.15) is 22.5 Å². The predicted molar refractivity (Wildman–Crippen MR) is 74.5 cm³/mol. The van der Waals surface area contributed by atoms with Gasteiger partial charge in [-0.2, -0.15) is 0 Å². The number of aliphatic carboxylic acids is 1. The van der Waals surface area contributed by atoms with Crippen molar-refractivity contribution < 1.29 is 19.4 Å². The van der Waals surface area contributed by atoms with Crippen molar-refractivity contribution in [1.29, 1.82) is 0 Å². The standard InChI is InChI=1S/C12H14BrNO4S/c1-18-9-3-8(4-11(15)16)14(5-9)12(17)10-2-7(13)6-19-10/h2,6,8-9H,3-5H2,1H3,(H,15,16). The molecule has 0 spiro atoms. The summed E-state index contributed by atoms with van der Waals surface area (Å²) < 4.78 is 6.11. The molecule has 0 bridgehead atoms. The first kappa shape index (κ1) is 14.5. The van der Waals surface area contributed by atoms with Crippen molar-refractivity contribution in [2.75, 3.05) is 13.7 Å². The largest absolute Gasteiger partial charge is 0.481 e. The highest BCUT2D eigenvalue weighted by Gasteiger charge is 2.37. The van der Waals surface area contributed by atoms with Crippen LogP contribution in [-0.4, -0.2) is 47.7 Å². The summed E-state index contributed by atoms with van der Waals surface area (Å²) in [5.74, 6) is -1.02. The number of ether oxygens (including phenoxy) is 1. The van der Waals surface area contributed by atoms with Gasteiger partial charge in [-0.1, -0.05) is 0 Å². The average Bonchev–Trinajstić information content (AvgIpc) is 2.94. The Morgan fingerprint density at radius 1 is 1.63 bits per heavy atom. The molecule has 2 atom stereocenters. The van der Waals surface area contributed by atoms with Gasteiger partial charge < -0.3 is 14.7 Å². The third kappa shape index (κ3) is 3.34. The first-order valence-electron chi connectivity index (χ1n) is 5.81. The molecule has 0 radical (unpaired) electrons. The molecule has 104 valence electrons. The average molecular weight is 348 g/mol. The zero-order valence-electron chi connectivity index (χ0n) is 10.3. The van der Waals surface area contributed by atoms with E-state index in [0.29, 0.717) is 17.8 Å². The lowest BCUT2D eigenvalue weighted by molar-refractivity contribution is -0.137. The summed E-state index contributed by atoms with van der Waals surface area (Å²) in [4.78, 5) is 25.5. The van der Waals surface area contributed by atoms with E-state index in [4.69, 9.17) is 9.84 Å². The highest BCUT2D eigenvalue weighted by molar-refractivity contribution is 9.10. The van der Waals surface area contributed by atoms with E-state index in [1.807, 2.05) is 5.38 Å². The van der Waals surface area contributed by atoms with Gasteiger partial charge in [-0.25, -0.2) is 0 Å². The van der Waals surface area contributed by atoms with Gasteiger partial charge in [0.15, 0.2) is 0 Å². The number of hydrogen-bond acceptors (Lipinski definition) is 4. The molecule has 19 heavy (non-hydrogen) atoms. The van der Waals surface area contributed by atoms with E-state index in [2.05, 4.69) is 15.9 Å². The summed E-state index contributed by atoms with van der Waals surface area (Å²) in [5, 5.41) is 10.8. The van der Waals surface area contributed by atoms with E-state index in [0.717, 1.165) is 4.47 Å². The van der Waals surface area contributed by atoms with Crippen molar-refractivity contribution in [1.82, 2.24) is 4.90 Å². The van der Waals surface area contributed by atoms with Crippen LogP contribution in [0, 0.1) is 0 Å². The number of carboxylic acid groups (broad SMARTS) is 1. The number of carbonyl (C=O) groups excluding carboxylic acids is 1. The minimum absolute atomic E-state index is 0.0435. The molecule has 1 aromatic heterocycles. The van der Waals surface area contributed by atoms with Crippen molar-refractivity contribution in [3.63, 3.8) is 0 Å². The molecule has 0 aliphatic carbocycles. The van der Waals surface area contributed by atoms with E-state index in [1.165, 1.54) is 11.3 Å². The van der Waals surface area contributed by atoms with Gasteiger partial charge in [0, 0.05) is 29.5 Å². The van der Waals surface area contributed by atoms with Crippen LogP contribution in [0.2, 0.25) is 0 Å². The third-order valence-corrected chi connectivity index (χ3v) is 4.84. The normalized spacial score (nSPS) is 22.7. The Morgan fingerprint density at radius 2 is 2.37 bits per heavy atom. The number of methoxy groups -OCH3 is 1. The molecular formula is C12H14BrNO4S. The SMILES string of the molecule is COC1CC(CC(=O)O)N(C(=O)c2cc(Br)cs2)C1. The maximum atomic E-state index is 12.4. The van der Waals surface area contributed by atoms with Gasteiger partial charge in [-0.05, 0) is 28.4 Å².